The van der Waals surface area contributed by atoms with Crippen molar-refractivity contribution >= 4 is 10.9 Å². The fraction of sp³-hybridized carbons (Fsp3) is 0.385. The molecular weight excluding hydrogens is 184 g/mol. The van der Waals surface area contributed by atoms with Gasteiger partial charge in [0.2, 0.25) is 0 Å². The number of benzene rings is 1. The molecule has 0 aliphatic rings. The molecule has 2 rings (SSSR count). The molecule has 0 saturated carbocycles. The monoisotopic (exact) mass is 202 g/mol. The van der Waals surface area contributed by atoms with Crippen molar-refractivity contribution in [2.24, 2.45) is 12.8 Å². The Balaban J connectivity index is 2.29. The van der Waals surface area contributed by atoms with E-state index >= 15 is 0 Å². The standard InChI is InChI=1S/C13H18N2/c1-15-10-8-12-7-4-6-11(13(12)15)5-2-3-9-14/h4,6-8,10H,2-3,5,9,14H2,1H3. The third-order valence-electron chi connectivity index (χ3n) is 2.88. The zero-order chi connectivity index (χ0) is 10.7. The molecule has 0 aliphatic carbocycles. The molecule has 0 unspecified atom stereocenters. The van der Waals surface area contributed by atoms with E-state index in [0.29, 0.717) is 0 Å². The van der Waals surface area contributed by atoms with Gasteiger partial charge in [-0.2, -0.15) is 0 Å². The molecule has 80 valence electrons. The van der Waals surface area contributed by atoms with Crippen LogP contribution in [0.5, 0.6) is 0 Å². The van der Waals surface area contributed by atoms with E-state index in [1.165, 1.54) is 22.9 Å². The van der Waals surface area contributed by atoms with Crippen LogP contribution in [0.25, 0.3) is 10.9 Å². The summed E-state index contributed by atoms with van der Waals surface area (Å²) in [5.41, 5.74) is 8.32. The first-order valence-electron chi connectivity index (χ1n) is 5.56. The molecule has 2 aromatic rings. The van der Waals surface area contributed by atoms with Crippen LogP contribution in [-0.4, -0.2) is 11.1 Å². The van der Waals surface area contributed by atoms with Gasteiger partial charge in [0.25, 0.3) is 0 Å². The van der Waals surface area contributed by atoms with Crippen LogP contribution in [0.4, 0.5) is 0 Å². The summed E-state index contributed by atoms with van der Waals surface area (Å²) in [5.74, 6) is 0. The van der Waals surface area contributed by atoms with Gasteiger partial charge in [0.15, 0.2) is 0 Å². The number of aromatic nitrogens is 1. The molecule has 0 amide bonds. The van der Waals surface area contributed by atoms with E-state index in [2.05, 4.69) is 42.1 Å². The van der Waals surface area contributed by atoms with Crippen LogP contribution < -0.4 is 5.73 Å². The third-order valence-corrected chi connectivity index (χ3v) is 2.88. The lowest BCUT2D eigenvalue weighted by atomic mass is 10.1. The molecule has 15 heavy (non-hydrogen) atoms. The van der Waals surface area contributed by atoms with Gasteiger partial charge in [-0.25, -0.2) is 0 Å². The van der Waals surface area contributed by atoms with Gasteiger partial charge >= 0.3 is 0 Å². The molecule has 0 radical (unpaired) electrons. The summed E-state index contributed by atoms with van der Waals surface area (Å²) < 4.78 is 2.20. The van der Waals surface area contributed by atoms with Crippen molar-refractivity contribution in [2.75, 3.05) is 6.54 Å². The molecule has 0 spiro atoms. The number of aryl methyl sites for hydroxylation is 2. The molecule has 0 aliphatic heterocycles. The molecule has 2 nitrogen and oxygen atoms in total. The van der Waals surface area contributed by atoms with Gasteiger partial charge in [0.05, 0.1) is 5.52 Å². The van der Waals surface area contributed by atoms with Crippen LogP contribution in [0, 0.1) is 0 Å². The molecule has 0 fully saturated rings. The topological polar surface area (TPSA) is 30.9 Å². The second-order valence-electron chi connectivity index (χ2n) is 4.03. The van der Waals surface area contributed by atoms with Crippen molar-refractivity contribution in [1.82, 2.24) is 4.57 Å². The fourth-order valence-electron chi connectivity index (χ4n) is 2.10. The predicted octanol–water partition coefficient (Wildman–Crippen LogP) is 2.46. The SMILES string of the molecule is Cn1ccc2cccc(CCCCN)c21. The van der Waals surface area contributed by atoms with E-state index < -0.39 is 0 Å². The van der Waals surface area contributed by atoms with Crippen molar-refractivity contribution in [2.45, 2.75) is 19.3 Å². The summed E-state index contributed by atoms with van der Waals surface area (Å²) in [6, 6.07) is 8.70. The fourth-order valence-corrected chi connectivity index (χ4v) is 2.10. The summed E-state index contributed by atoms with van der Waals surface area (Å²) in [4.78, 5) is 0. The summed E-state index contributed by atoms with van der Waals surface area (Å²) in [7, 11) is 2.11. The van der Waals surface area contributed by atoms with Crippen LogP contribution in [-0.2, 0) is 13.5 Å². The number of hydrogen-bond acceptors (Lipinski definition) is 1. The average Bonchev–Trinajstić information content (AvgIpc) is 2.62. The number of unbranched alkanes of at least 4 members (excludes halogenated alkanes) is 1. The van der Waals surface area contributed by atoms with Gasteiger partial charge in [0, 0.05) is 13.2 Å². The molecule has 1 heterocycles. The van der Waals surface area contributed by atoms with E-state index in [9.17, 15) is 0 Å². The summed E-state index contributed by atoms with van der Waals surface area (Å²) in [6.07, 6.45) is 5.55. The maximum absolute atomic E-state index is 5.51. The van der Waals surface area contributed by atoms with Crippen molar-refractivity contribution in [3.63, 3.8) is 0 Å². The Hall–Kier alpha value is -1.28. The maximum Gasteiger partial charge on any atom is 0.0510 e. The molecule has 0 saturated heterocycles. The molecule has 0 atom stereocenters. The molecule has 2 N–H and O–H groups in total. The van der Waals surface area contributed by atoms with Gasteiger partial charge in [-0.15, -0.1) is 0 Å². The second kappa shape index (κ2) is 4.49. The number of rotatable bonds is 4. The second-order valence-corrected chi connectivity index (χ2v) is 4.03. The van der Waals surface area contributed by atoms with Crippen molar-refractivity contribution in [1.29, 1.82) is 0 Å². The highest BCUT2D eigenvalue weighted by Gasteiger charge is 2.03. The zero-order valence-corrected chi connectivity index (χ0v) is 9.24. The van der Waals surface area contributed by atoms with Crippen LogP contribution in [0.15, 0.2) is 30.5 Å². The lowest BCUT2D eigenvalue weighted by Crippen LogP contribution is -1.99. The Morgan fingerprint density at radius 1 is 1.20 bits per heavy atom. The Kier molecular flexibility index (Phi) is 3.07. The van der Waals surface area contributed by atoms with E-state index in [0.717, 1.165) is 19.4 Å². The number of nitrogens with zero attached hydrogens (tertiary/aromatic N) is 1. The molecule has 0 bridgehead atoms. The summed E-state index contributed by atoms with van der Waals surface area (Å²) in [6.45, 7) is 0.795. The van der Waals surface area contributed by atoms with E-state index in [1.807, 2.05) is 0 Å². The van der Waals surface area contributed by atoms with Crippen LogP contribution in [0.3, 0.4) is 0 Å². The van der Waals surface area contributed by atoms with Gasteiger partial charge in [-0.3, -0.25) is 0 Å². The van der Waals surface area contributed by atoms with Crippen molar-refractivity contribution < 1.29 is 0 Å². The molecule has 1 aromatic carbocycles. The maximum atomic E-state index is 5.51. The number of nitrogens with two attached hydrogens (primary N) is 1. The zero-order valence-electron chi connectivity index (χ0n) is 9.24. The third kappa shape index (κ3) is 2.05. The van der Waals surface area contributed by atoms with E-state index in [4.69, 9.17) is 5.73 Å². The molecular formula is C13H18N2. The van der Waals surface area contributed by atoms with Crippen molar-refractivity contribution in [3.05, 3.63) is 36.0 Å². The minimum Gasteiger partial charge on any atom is -0.350 e. The van der Waals surface area contributed by atoms with Gasteiger partial charge < -0.3 is 10.3 Å². The quantitative estimate of drug-likeness (QED) is 0.759. The Morgan fingerprint density at radius 2 is 2.07 bits per heavy atom. The number of para-hydroxylation sites is 1. The first kappa shape index (κ1) is 10.2. The van der Waals surface area contributed by atoms with Crippen LogP contribution in [0.2, 0.25) is 0 Å². The first-order chi connectivity index (χ1) is 7.33. The number of fused-ring (bicyclic) bond motifs is 1. The highest BCUT2D eigenvalue weighted by atomic mass is 14.9. The first-order valence-corrected chi connectivity index (χ1v) is 5.56. The van der Waals surface area contributed by atoms with Crippen LogP contribution in [0.1, 0.15) is 18.4 Å². The number of hydrogen-bond donors (Lipinski definition) is 1. The normalized spacial score (nSPS) is 11.1. The summed E-state index contributed by atoms with van der Waals surface area (Å²) >= 11 is 0. The lowest BCUT2D eigenvalue weighted by molar-refractivity contribution is 0.745. The lowest BCUT2D eigenvalue weighted by Gasteiger charge is -2.05. The van der Waals surface area contributed by atoms with Crippen molar-refractivity contribution in [3.8, 4) is 0 Å². The minimum atomic E-state index is 0.795. The van der Waals surface area contributed by atoms with E-state index in [1.54, 1.807) is 0 Å². The largest absolute Gasteiger partial charge is 0.350 e. The predicted molar refractivity (Wildman–Crippen MR) is 64.9 cm³/mol. The van der Waals surface area contributed by atoms with Gasteiger partial charge in [-0.05, 0) is 42.8 Å². The molecule has 2 heteroatoms. The minimum absolute atomic E-state index is 0.795. The highest BCUT2D eigenvalue weighted by Crippen LogP contribution is 2.20. The van der Waals surface area contributed by atoms with Gasteiger partial charge in [-0.1, -0.05) is 18.2 Å². The smallest absolute Gasteiger partial charge is 0.0510 e. The van der Waals surface area contributed by atoms with Gasteiger partial charge in [0.1, 0.15) is 0 Å². The summed E-state index contributed by atoms with van der Waals surface area (Å²) in [5, 5.41) is 1.34. The molecule has 1 aromatic heterocycles. The Labute approximate surface area is 90.7 Å². The highest BCUT2D eigenvalue weighted by molar-refractivity contribution is 5.83. The average molecular weight is 202 g/mol. The van der Waals surface area contributed by atoms with Crippen LogP contribution >= 0.6 is 0 Å². The van der Waals surface area contributed by atoms with E-state index in [-0.39, 0.29) is 0 Å². The Morgan fingerprint density at radius 3 is 2.87 bits per heavy atom. The Bertz CT molecular complexity index is 443.